The van der Waals surface area contributed by atoms with Gasteiger partial charge in [0, 0.05) is 18.9 Å². The maximum Gasteiger partial charge on any atom is 0.141 e. The molecule has 0 saturated heterocycles. The lowest BCUT2D eigenvalue weighted by molar-refractivity contribution is -0.0780. The lowest BCUT2D eigenvalue weighted by Gasteiger charge is -2.41. The summed E-state index contributed by atoms with van der Waals surface area (Å²) in [5.41, 5.74) is -0.726. The number of aryl methyl sites for hydroxylation is 1. The van der Waals surface area contributed by atoms with Crippen molar-refractivity contribution < 1.29 is 5.11 Å². The van der Waals surface area contributed by atoms with E-state index >= 15 is 0 Å². The molecule has 1 aliphatic carbocycles. The SMILES string of the molecule is CCCn1ccnc1C1(O)CCCC(C)C1C. The maximum absolute atomic E-state index is 11.0. The molecule has 1 aromatic heterocycles. The van der Waals surface area contributed by atoms with Crippen molar-refractivity contribution in [2.45, 2.75) is 58.6 Å². The van der Waals surface area contributed by atoms with Gasteiger partial charge in [-0.15, -0.1) is 0 Å². The highest BCUT2D eigenvalue weighted by Gasteiger charge is 2.44. The zero-order valence-electron chi connectivity index (χ0n) is 11.2. The molecule has 0 amide bonds. The molecule has 96 valence electrons. The van der Waals surface area contributed by atoms with Crippen LogP contribution < -0.4 is 0 Å². The molecule has 3 atom stereocenters. The van der Waals surface area contributed by atoms with E-state index in [9.17, 15) is 5.11 Å². The Morgan fingerprint density at radius 3 is 3.00 bits per heavy atom. The number of hydrogen-bond acceptors (Lipinski definition) is 2. The largest absolute Gasteiger partial charge is 0.382 e. The second-order valence-electron chi connectivity index (χ2n) is 5.53. The summed E-state index contributed by atoms with van der Waals surface area (Å²) >= 11 is 0. The van der Waals surface area contributed by atoms with E-state index in [0.717, 1.165) is 31.6 Å². The van der Waals surface area contributed by atoms with E-state index in [1.165, 1.54) is 6.42 Å². The lowest BCUT2D eigenvalue weighted by Crippen LogP contribution is -2.42. The van der Waals surface area contributed by atoms with Crippen LogP contribution in [0, 0.1) is 11.8 Å². The molecular formula is C14H24N2O. The van der Waals surface area contributed by atoms with Crippen LogP contribution in [-0.4, -0.2) is 14.7 Å². The van der Waals surface area contributed by atoms with Crippen molar-refractivity contribution in [1.29, 1.82) is 0 Å². The normalized spacial score (nSPS) is 33.9. The molecule has 1 saturated carbocycles. The van der Waals surface area contributed by atoms with Crippen molar-refractivity contribution in [2.24, 2.45) is 11.8 Å². The number of nitrogens with zero attached hydrogens (tertiary/aromatic N) is 2. The van der Waals surface area contributed by atoms with Gasteiger partial charge < -0.3 is 9.67 Å². The molecule has 0 bridgehead atoms. The molecule has 3 unspecified atom stereocenters. The van der Waals surface area contributed by atoms with Gasteiger partial charge in [-0.2, -0.15) is 0 Å². The minimum atomic E-state index is -0.726. The fourth-order valence-corrected chi connectivity index (χ4v) is 3.07. The first kappa shape index (κ1) is 12.6. The summed E-state index contributed by atoms with van der Waals surface area (Å²) in [4.78, 5) is 4.43. The van der Waals surface area contributed by atoms with E-state index in [-0.39, 0.29) is 5.92 Å². The summed E-state index contributed by atoms with van der Waals surface area (Å²) in [5.74, 6) is 1.73. The molecule has 1 heterocycles. The van der Waals surface area contributed by atoms with Gasteiger partial charge in [0.2, 0.25) is 0 Å². The predicted octanol–water partition coefficient (Wildman–Crippen LogP) is 2.94. The minimum Gasteiger partial charge on any atom is -0.382 e. The van der Waals surface area contributed by atoms with Gasteiger partial charge in [0.15, 0.2) is 0 Å². The predicted molar refractivity (Wildman–Crippen MR) is 68.6 cm³/mol. The van der Waals surface area contributed by atoms with Gasteiger partial charge in [-0.3, -0.25) is 0 Å². The van der Waals surface area contributed by atoms with Crippen LogP contribution in [0.4, 0.5) is 0 Å². The molecule has 1 fully saturated rings. The lowest BCUT2D eigenvalue weighted by atomic mass is 9.70. The first-order valence-electron chi connectivity index (χ1n) is 6.83. The third-order valence-corrected chi connectivity index (χ3v) is 4.39. The molecule has 0 spiro atoms. The molecule has 2 rings (SSSR count). The number of aliphatic hydroxyl groups is 1. The quantitative estimate of drug-likeness (QED) is 0.876. The van der Waals surface area contributed by atoms with Crippen LogP contribution in [0.1, 0.15) is 52.3 Å². The Morgan fingerprint density at radius 1 is 1.53 bits per heavy atom. The maximum atomic E-state index is 11.0. The van der Waals surface area contributed by atoms with Gasteiger partial charge in [-0.05, 0) is 31.1 Å². The summed E-state index contributed by atoms with van der Waals surface area (Å²) < 4.78 is 2.12. The summed E-state index contributed by atoms with van der Waals surface area (Å²) in [6, 6.07) is 0. The highest BCUT2D eigenvalue weighted by atomic mass is 16.3. The molecule has 17 heavy (non-hydrogen) atoms. The Labute approximate surface area is 104 Å². The Balaban J connectivity index is 2.32. The topological polar surface area (TPSA) is 38.0 Å². The van der Waals surface area contributed by atoms with Gasteiger partial charge >= 0.3 is 0 Å². The Bertz CT molecular complexity index is 374. The summed E-state index contributed by atoms with van der Waals surface area (Å²) in [6.07, 6.45) is 8.04. The van der Waals surface area contributed by atoms with Crippen LogP contribution in [0.3, 0.4) is 0 Å². The molecule has 0 radical (unpaired) electrons. The standard InChI is InChI=1S/C14H24N2O/c1-4-9-16-10-8-15-13(16)14(17)7-5-6-11(2)12(14)3/h8,10-12,17H,4-7,9H2,1-3H3. The first-order valence-corrected chi connectivity index (χ1v) is 6.83. The molecule has 3 nitrogen and oxygen atoms in total. The van der Waals surface area contributed by atoms with E-state index in [1.807, 2.05) is 12.4 Å². The second-order valence-corrected chi connectivity index (χ2v) is 5.53. The van der Waals surface area contributed by atoms with Gasteiger partial charge in [0.05, 0.1) is 0 Å². The van der Waals surface area contributed by atoms with Crippen LogP contribution >= 0.6 is 0 Å². The van der Waals surface area contributed by atoms with E-state index in [4.69, 9.17) is 0 Å². The van der Waals surface area contributed by atoms with Crippen molar-refractivity contribution >= 4 is 0 Å². The fourth-order valence-electron chi connectivity index (χ4n) is 3.07. The van der Waals surface area contributed by atoms with E-state index < -0.39 is 5.60 Å². The molecule has 1 N–H and O–H groups in total. The van der Waals surface area contributed by atoms with E-state index in [1.54, 1.807) is 0 Å². The average Bonchev–Trinajstić information content (AvgIpc) is 2.75. The van der Waals surface area contributed by atoms with Crippen molar-refractivity contribution in [3.05, 3.63) is 18.2 Å². The van der Waals surface area contributed by atoms with Crippen molar-refractivity contribution in [3.8, 4) is 0 Å². The average molecular weight is 236 g/mol. The molecule has 1 aromatic rings. The highest BCUT2D eigenvalue weighted by molar-refractivity contribution is 5.09. The van der Waals surface area contributed by atoms with Crippen LogP contribution in [-0.2, 0) is 12.1 Å². The molecule has 0 aliphatic heterocycles. The third kappa shape index (κ3) is 2.13. The van der Waals surface area contributed by atoms with Gasteiger partial charge in [0.25, 0.3) is 0 Å². The van der Waals surface area contributed by atoms with Gasteiger partial charge in [0.1, 0.15) is 11.4 Å². The monoisotopic (exact) mass is 236 g/mol. The summed E-state index contributed by atoms with van der Waals surface area (Å²) in [7, 11) is 0. The number of imidazole rings is 1. The Morgan fingerprint density at radius 2 is 2.29 bits per heavy atom. The van der Waals surface area contributed by atoms with Crippen molar-refractivity contribution in [2.75, 3.05) is 0 Å². The Hall–Kier alpha value is -0.830. The number of rotatable bonds is 3. The highest BCUT2D eigenvalue weighted by Crippen LogP contribution is 2.43. The van der Waals surface area contributed by atoms with Crippen molar-refractivity contribution in [1.82, 2.24) is 9.55 Å². The van der Waals surface area contributed by atoms with Gasteiger partial charge in [-0.1, -0.05) is 27.2 Å². The van der Waals surface area contributed by atoms with Crippen LogP contribution in [0.25, 0.3) is 0 Å². The van der Waals surface area contributed by atoms with Gasteiger partial charge in [-0.25, -0.2) is 4.98 Å². The first-order chi connectivity index (χ1) is 8.09. The summed E-state index contributed by atoms with van der Waals surface area (Å²) in [5, 5.41) is 11.0. The van der Waals surface area contributed by atoms with E-state index in [2.05, 4.69) is 30.3 Å². The van der Waals surface area contributed by atoms with E-state index in [0.29, 0.717) is 5.92 Å². The molecule has 3 heteroatoms. The minimum absolute atomic E-state index is 0.286. The zero-order valence-corrected chi connectivity index (χ0v) is 11.2. The molecular weight excluding hydrogens is 212 g/mol. The van der Waals surface area contributed by atoms with Crippen LogP contribution in [0.2, 0.25) is 0 Å². The number of aromatic nitrogens is 2. The smallest absolute Gasteiger partial charge is 0.141 e. The molecule has 1 aliphatic rings. The second kappa shape index (κ2) is 4.81. The van der Waals surface area contributed by atoms with Crippen LogP contribution in [0.5, 0.6) is 0 Å². The third-order valence-electron chi connectivity index (χ3n) is 4.39. The van der Waals surface area contributed by atoms with Crippen molar-refractivity contribution in [3.63, 3.8) is 0 Å². The Kier molecular flexibility index (Phi) is 3.57. The van der Waals surface area contributed by atoms with Crippen LogP contribution in [0.15, 0.2) is 12.4 Å². The zero-order chi connectivity index (χ0) is 12.5. The number of hydrogen-bond donors (Lipinski definition) is 1. The molecule has 0 aromatic carbocycles. The fraction of sp³-hybridized carbons (Fsp3) is 0.786. The summed E-state index contributed by atoms with van der Waals surface area (Å²) in [6.45, 7) is 7.50.